The van der Waals surface area contributed by atoms with E-state index in [1.807, 2.05) is 36.4 Å². The molecule has 0 aliphatic heterocycles. The number of fused-ring (bicyclic) bond motifs is 1. The second kappa shape index (κ2) is 5.01. The maximum atomic E-state index is 11.0. The zero-order valence-corrected chi connectivity index (χ0v) is 10.6. The summed E-state index contributed by atoms with van der Waals surface area (Å²) in [5, 5.41) is 13.3. The molecule has 0 saturated carbocycles. The van der Waals surface area contributed by atoms with Gasteiger partial charge in [0.15, 0.2) is 0 Å². The Balaban J connectivity index is 2.01. The molecule has 4 heteroatoms. The van der Waals surface area contributed by atoms with E-state index in [1.54, 1.807) is 24.4 Å². The van der Waals surface area contributed by atoms with Gasteiger partial charge in [0.2, 0.25) is 0 Å². The van der Waals surface area contributed by atoms with Crippen LogP contribution in [0.4, 0.5) is 11.4 Å². The first-order chi connectivity index (χ1) is 9.74. The Kier molecular flexibility index (Phi) is 3.05. The third-order valence-electron chi connectivity index (χ3n) is 3.02. The van der Waals surface area contributed by atoms with E-state index in [-0.39, 0.29) is 5.56 Å². The van der Waals surface area contributed by atoms with E-state index in [4.69, 9.17) is 5.11 Å². The van der Waals surface area contributed by atoms with Gasteiger partial charge in [-0.05, 0) is 30.3 Å². The van der Waals surface area contributed by atoms with Crippen LogP contribution in [-0.4, -0.2) is 16.1 Å². The quantitative estimate of drug-likeness (QED) is 0.757. The first-order valence-electron chi connectivity index (χ1n) is 6.18. The Labute approximate surface area is 115 Å². The lowest BCUT2D eigenvalue weighted by Crippen LogP contribution is -1.98. The molecule has 0 aliphatic rings. The minimum atomic E-state index is -0.940. The lowest BCUT2D eigenvalue weighted by Gasteiger charge is -2.09. The second-order valence-electron chi connectivity index (χ2n) is 4.39. The normalized spacial score (nSPS) is 10.4. The average molecular weight is 264 g/mol. The fourth-order valence-electron chi connectivity index (χ4n) is 2.09. The summed E-state index contributed by atoms with van der Waals surface area (Å²) in [5.41, 5.74) is 2.69. The number of carbonyl (C=O) groups is 1. The topological polar surface area (TPSA) is 62.2 Å². The number of aromatic nitrogens is 1. The summed E-state index contributed by atoms with van der Waals surface area (Å²) in [5.74, 6) is -0.940. The van der Waals surface area contributed by atoms with Gasteiger partial charge in [-0.3, -0.25) is 4.98 Å². The van der Waals surface area contributed by atoms with Crippen molar-refractivity contribution in [1.29, 1.82) is 0 Å². The van der Waals surface area contributed by atoms with Gasteiger partial charge in [-0.1, -0.05) is 24.3 Å². The van der Waals surface area contributed by atoms with Crippen LogP contribution in [-0.2, 0) is 0 Å². The van der Waals surface area contributed by atoms with E-state index in [0.29, 0.717) is 0 Å². The third-order valence-corrected chi connectivity index (χ3v) is 3.02. The zero-order valence-electron chi connectivity index (χ0n) is 10.6. The molecule has 20 heavy (non-hydrogen) atoms. The molecule has 0 saturated heterocycles. The Morgan fingerprint density at radius 2 is 1.85 bits per heavy atom. The van der Waals surface area contributed by atoms with Crippen LogP contribution in [0.5, 0.6) is 0 Å². The maximum Gasteiger partial charge on any atom is 0.335 e. The Hall–Kier alpha value is -2.88. The molecule has 1 heterocycles. The highest BCUT2D eigenvalue weighted by molar-refractivity contribution is 5.93. The fourth-order valence-corrected chi connectivity index (χ4v) is 2.09. The van der Waals surface area contributed by atoms with Crippen molar-refractivity contribution >= 4 is 28.2 Å². The van der Waals surface area contributed by atoms with Gasteiger partial charge < -0.3 is 10.4 Å². The molecular weight excluding hydrogens is 252 g/mol. The van der Waals surface area contributed by atoms with Crippen molar-refractivity contribution in [3.05, 3.63) is 66.4 Å². The molecule has 0 atom stereocenters. The van der Waals surface area contributed by atoms with Crippen molar-refractivity contribution in [3.8, 4) is 0 Å². The molecule has 1 aromatic heterocycles. The van der Waals surface area contributed by atoms with Gasteiger partial charge in [-0.15, -0.1) is 0 Å². The maximum absolute atomic E-state index is 11.0. The fraction of sp³-hybridized carbons (Fsp3) is 0. The molecule has 2 aromatic carbocycles. The highest BCUT2D eigenvalue weighted by Crippen LogP contribution is 2.24. The number of hydrogen-bond donors (Lipinski definition) is 2. The molecule has 0 spiro atoms. The standard InChI is InChI=1S/C16H12N2O2/c19-16(20)12-5-1-7-13(10-12)18-14-8-2-4-11-6-3-9-17-15(11)14/h1-10,18H,(H,19,20). The molecule has 0 fully saturated rings. The largest absolute Gasteiger partial charge is 0.478 e. The van der Waals surface area contributed by atoms with Crippen LogP contribution in [0.15, 0.2) is 60.8 Å². The Morgan fingerprint density at radius 1 is 1.05 bits per heavy atom. The number of hydrogen-bond acceptors (Lipinski definition) is 3. The van der Waals surface area contributed by atoms with E-state index < -0.39 is 5.97 Å². The van der Waals surface area contributed by atoms with E-state index in [9.17, 15) is 4.79 Å². The molecule has 0 amide bonds. The van der Waals surface area contributed by atoms with Crippen LogP contribution in [0.1, 0.15) is 10.4 Å². The monoisotopic (exact) mass is 264 g/mol. The number of carboxylic acid groups (broad SMARTS) is 1. The minimum absolute atomic E-state index is 0.253. The van der Waals surface area contributed by atoms with Crippen LogP contribution in [0.3, 0.4) is 0 Å². The van der Waals surface area contributed by atoms with Gasteiger partial charge in [-0.25, -0.2) is 4.79 Å². The number of aromatic carboxylic acids is 1. The van der Waals surface area contributed by atoms with E-state index >= 15 is 0 Å². The smallest absolute Gasteiger partial charge is 0.335 e. The summed E-state index contributed by atoms with van der Waals surface area (Å²) in [6.07, 6.45) is 1.74. The summed E-state index contributed by atoms with van der Waals surface area (Å²) < 4.78 is 0. The molecule has 2 N–H and O–H groups in total. The van der Waals surface area contributed by atoms with Gasteiger partial charge >= 0.3 is 5.97 Å². The number of nitrogens with one attached hydrogen (secondary N) is 1. The Bertz CT molecular complexity index is 779. The molecule has 0 radical (unpaired) electrons. The highest BCUT2D eigenvalue weighted by Gasteiger charge is 2.05. The number of carboxylic acids is 1. The number of benzene rings is 2. The summed E-state index contributed by atoms with van der Waals surface area (Å²) in [7, 11) is 0. The van der Waals surface area contributed by atoms with E-state index in [1.165, 1.54) is 0 Å². The molecule has 3 aromatic rings. The summed E-state index contributed by atoms with van der Waals surface area (Å²) in [4.78, 5) is 15.3. The summed E-state index contributed by atoms with van der Waals surface area (Å²) >= 11 is 0. The van der Waals surface area contributed by atoms with Crippen molar-refractivity contribution in [2.24, 2.45) is 0 Å². The van der Waals surface area contributed by atoms with Gasteiger partial charge in [0, 0.05) is 17.3 Å². The Morgan fingerprint density at radius 3 is 2.70 bits per heavy atom. The number of para-hydroxylation sites is 1. The second-order valence-corrected chi connectivity index (χ2v) is 4.39. The summed E-state index contributed by atoms with van der Waals surface area (Å²) in [6.45, 7) is 0. The first-order valence-corrected chi connectivity index (χ1v) is 6.18. The predicted molar refractivity (Wildman–Crippen MR) is 78.4 cm³/mol. The molecule has 98 valence electrons. The zero-order chi connectivity index (χ0) is 13.9. The van der Waals surface area contributed by atoms with Crippen molar-refractivity contribution in [3.63, 3.8) is 0 Å². The number of nitrogens with zero attached hydrogens (tertiary/aromatic N) is 1. The molecular formula is C16H12N2O2. The molecule has 3 rings (SSSR count). The number of pyridine rings is 1. The first kappa shape index (κ1) is 12.2. The third kappa shape index (κ3) is 2.31. The van der Waals surface area contributed by atoms with Gasteiger partial charge in [-0.2, -0.15) is 0 Å². The summed E-state index contributed by atoms with van der Waals surface area (Å²) in [6, 6.07) is 16.4. The molecule has 4 nitrogen and oxygen atoms in total. The minimum Gasteiger partial charge on any atom is -0.478 e. The van der Waals surface area contributed by atoms with Crippen molar-refractivity contribution < 1.29 is 9.90 Å². The lowest BCUT2D eigenvalue weighted by atomic mass is 10.1. The van der Waals surface area contributed by atoms with Gasteiger partial charge in [0.1, 0.15) is 0 Å². The SMILES string of the molecule is O=C(O)c1cccc(Nc2cccc3cccnc23)c1. The van der Waals surface area contributed by atoms with E-state index in [2.05, 4.69) is 10.3 Å². The van der Waals surface area contributed by atoms with Crippen LogP contribution in [0, 0.1) is 0 Å². The predicted octanol–water partition coefficient (Wildman–Crippen LogP) is 3.68. The van der Waals surface area contributed by atoms with Crippen molar-refractivity contribution in [2.75, 3.05) is 5.32 Å². The van der Waals surface area contributed by atoms with E-state index in [0.717, 1.165) is 22.3 Å². The highest BCUT2D eigenvalue weighted by atomic mass is 16.4. The van der Waals surface area contributed by atoms with Crippen LogP contribution in [0.25, 0.3) is 10.9 Å². The number of anilines is 2. The van der Waals surface area contributed by atoms with Crippen LogP contribution >= 0.6 is 0 Å². The van der Waals surface area contributed by atoms with Crippen molar-refractivity contribution in [1.82, 2.24) is 4.98 Å². The lowest BCUT2D eigenvalue weighted by molar-refractivity contribution is 0.0697. The molecule has 0 unspecified atom stereocenters. The van der Waals surface area contributed by atoms with Gasteiger partial charge in [0.05, 0.1) is 16.8 Å². The molecule has 0 bridgehead atoms. The average Bonchev–Trinajstić information content (AvgIpc) is 2.48. The van der Waals surface area contributed by atoms with Gasteiger partial charge in [0.25, 0.3) is 0 Å². The molecule has 0 aliphatic carbocycles. The van der Waals surface area contributed by atoms with Crippen molar-refractivity contribution in [2.45, 2.75) is 0 Å². The number of rotatable bonds is 3. The van der Waals surface area contributed by atoms with Crippen LogP contribution < -0.4 is 5.32 Å². The van der Waals surface area contributed by atoms with Crippen LogP contribution in [0.2, 0.25) is 0 Å².